The molecular weight excluding hydrogens is 166 g/mol. The summed E-state index contributed by atoms with van der Waals surface area (Å²) in [6.07, 6.45) is 4.05. The summed E-state index contributed by atoms with van der Waals surface area (Å²) in [4.78, 5) is 12.6. The van der Waals surface area contributed by atoms with Gasteiger partial charge in [0.1, 0.15) is 0 Å². The van der Waals surface area contributed by atoms with Crippen molar-refractivity contribution in [1.82, 2.24) is 4.90 Å². The zero-order chi connectivity index (χ0) is 9.68. The zero-order valence-electron chi connectivity index (χ0n) is 8.33. The minimum absolute atomic E-state index is 0.288. The van der Waals surface area contributed by atoms with E-state index in [4.69, 9.17) is 5.11 Å². The number of carbonyl (C=O) groups is 1. The van der Waals surface area contributed by atoms with Crippen LogP contribution in [0.2, 0.25) is 0 Å². The largest absolute Gasteiger partial charge is 0.481 e. The van der Waals surface area contributed by atoms with Gasteiger partial charge in [0.15, 0.2) is 0 Å². The van der Waals surface area contributed by atoms with Gasteiger partial charge in [0.05, 0.1) is 6.42 Å². The number of hydrogen-bond acceptors (Lipinski definition) is 2. The van der Waals surface area contributed by atoms with E-state index in [0.717, 1.165) is 25.6 Å². The van der Waals surface area contributed by atoms with Crippen molar-refractivity contribution in [1.29, 1.82) is 0 Å². The van der Waals surface area contributed by atoms with Crippen LogP contribution in [0.15, 0.2) is 0 Å². The Labute approximate surface area is 79.7 Å². The molecule has 0 aromatic heterocycles. The summed E-state index contributed by atoms with van der Waals surface area (Å²) in [5.74, 6) is 0.193. The third-order valence-electron chi connectivity index (χ3n) is 2.93. The summed E-state index contributed by atoms with van der Waals surface area (Å²) < 4.78 is 0. The van der Waals surface area contributed by atoms with Crippen LogP contribution in [0.1, 0.15) is 32.6 Å². The first-order chi connectivity index (χ1) is 6.22. The molecule has 0 aromatic carbocycles. The SMILES string of the molecule is CCC1CCN(CCC(=O)O)CC1. The highest BCUT2D eigenvalue weighted by atomic mass is 16.4. The van der Waals surface area contributed by atoms with Crippen molar-refractivity contribution < 1.29 is 9.90 Å². The van der Waals surface area contributed by atoms with Crippen LogP contribution in [0.4, 0.5) is 0 Å². The topological polar surface area (TPSA) is 40.5 Å². The lowest BCUT2D eigenvalue weighted by atomic mass is 9.94. The van der Waals surface area contributed by atoms with Gasteiger partial charge in [-0.05, 0) is 31.8 Å². The minimum Gasteiger partial charge on any atom is -0.481 e. The van der Waals surface area contributed by atoms with E-state index < -0.39 is 5.97 Å². The van der Waals surface area contributed by atoms with Gasteiger partial charge in [-0.1, -0.05) is 13.3 Å². The van der Waals surface area contributed by atoms with Crippen molar-refractivity contribution in [3.05, 3.63) is 0 Å². The summed E-state index contributed by atoms with van der Waals surface area (Å²) in [5, 5.41) is 8.52. The van der Waals surface area contributed by atoms with Gasteiger partial charge in [0, 0.05) is 6.54 Å². The Morgan fingerprint density at radius 1 is 1.46 bits per heavy atom. The van der Waals surface area contributed by atoms with Crippen molar-refractivity contribution in [2.24, 2.45) is 5.92 Å². The molecule has 1 aliphatic rings. The smallest absolute Gasteiger partial charge is 0.304 e. The fourth-order valence-corrected chi connectivity index (χ4v) is 1.87. The number of piperidine rings is 1. The molecule has 0 spiro atoms. The first-order valence-corrected chi connectivity index (χ1v) is 5.16. The van der Waals surface area contributed by atoms with Crippen LogP contribution in [0.3, 0.4) is 0 Å². The maximum atomic E-state index is 10.3. The molecule has 1 rings (SSSR count). The lowest BCUT2D eigenvalue weighted by molar-refractivity contribution is -0.137. The number of rotatable bonds is 4. The lowest BCUT2D eigenvalue weighted by Crippen LogP contribution is -2.34. The summed E-state index contributed by atoms with van der Waals surface area (Å²) in [6.45, 7) is 5.14. The van der Waals surface area contributed by atoms with Crippen LogP contribution in [-0.4, -0.2) is 35.6 Å². The van der Waals surface area contributed by atoms with Crippen LogP contribution in [-0.2, 0) is 4.79 Å². The normalized spacial score (nSPS) is 20.4. The summed E-state index contributed by atoms with van der Waals surface area (Å²) in [6, 6.07) is 0. The van der Waals surface area contributed by atoms with Gasteiger partial charge in [-0.3, -0.25) is 4.79 Å². The average Bonchev–Trinajstić information content (AvgIpc) is 2.15. The van der Waals surface area contributed by atoms with E-state index in [2.05, 4.69) is 11.8 Å². The second kappa shape index (κ2) is 5.22. The lowest BCUT2D eigenvalue weighted by Gasteiger charge is -2.30. The van der Waals surface area contributed by atoms with Gasteiger partial charge in [-0.15, -0.1) is 0 Å². The van der Waals surface area contributed by atoms with E-state index in [1.54, 1.807) is 0 Å². The number of carboxylic acids is 1. The first-order valence-electron chi connectivity index (χ1n) is 5.16. The number of likely N-dealkylation sites (tertiary alicyclic amines) is 1. The van der Waals surface area contributed by atoms with E-state index in [-0.39, 0.29) is 6.42 Å². The maximum absolute atomic E-state index is 10.3. The fraction of sp³-hybridized carbons (Fsp3) is 0.900. The number of hydrogen-bond donors (Lipinski definition) is 1. The average molecular weight is 185 g/mol. The number of carboxylic acid groups (broad SMARTS) is 1. The van der Waals surface area contributed by atoms with Crippen LogP contribution < -0.4 is 0 Å². The predicted molar refractivity (Wildman–Crippen MR) is 51.7 cm³/mol. The Balaban J connectivity index is 2.14. The number of nitrogens with zero attached hydrogens (tertiary/aromatic N) is 1. The fourth-order valence-electron chi connectivity index (χ4n) is 1.87. The number of aliphatic carboxylic acids is 1. The van der Waals surface area contributed by atoms with E-state index in [0.29, 0.717) is 0 Å². The molecule has 0 saturated carbocycles. The molecule has 0 aliphatic carbocycles. The maximum Gasteiger partial charge on any atom is 0.304 e. The van der Waals surface area contributed by atoms with Crippen molar-refractivity contribution in [3.8, 4) is 0 Å². The van der Waals surface area contributed by atoms with Crippen LogP contribution in [0.5, 0.6) is 0 Å². The first kappa shape index (κ1) is 10.5. The molecule has 0 unspecified atom stereocenters. The van der Waals surface area contributed by atoms with Crippen LogP contribution in [0, 0.1) is 5.92 Å². The summed E-state index contributed by atoms with van der Waals surface area (Å²) in [5.41, 5.74) is 0. The molecule has 1 fully saturated rings. The van der Waals surface area contributed by atoms with Gasteiger partial charge < -0.3 is 10.0 Å². The molecule has 1 aliphatic heterocycles. The van der Waals surface area contributed by atoms with E-state index in [1.165, 1.54) is 19.3 Å². The van der Waals surface area contributed by atoms with E-state index >= 15 is 0 Å². The second-order valence-electron chi connectivity index (χ2n) is 3.84. The molecule has 0 atom stereocenters. The molecule has 0 radical (unpaired) electrons. The Hall–Kier alpha value is -0.570. The van der Waals surface area contributed by atoms with Crippen LogP contribution in [0.25, 0.3) is 0 Å². The monoisotopic (exact) mass is 185 g/mol. The van der Waals surface area contributed by atoms with Crippen molar-refractivity contribution in [2.75, 3.05) is 19.6 Å². The molecule has 3 nitrogen and oxygen atoms in total. The van der Waals surface area contributed by atoms with Crippen molar-refractivity contribution >= 4 is 5.97 Å². The standard InChI is InChI=1S/C10H19NO2/c1-2-9-3-6-11(7-4-9)8-5-10(12)13/h9H,2-8H2,1H3,(H,12,13). The van der Waals surface area contributed by atoms with Gasteiger partial charge in [0.2, 0.25) is 0 Å². The van der Waals surface area contributed by atoms with E-state index in [9.17, 15) is 4.79 Å². The Morgan fingerprint density at radius 3 is 2.54 bits per heavy atom. The van der Waals surface area contributed by atoms with E-state index in [1.807, 2.05) is 0 Å². The summed E-state index contributed by atoms with van der Waals surface area (Å²) >= 11 is 0. The molecule has 3 heteroatoms. The quantitative estimate of drug-likeness (QED) is 0.723. The van der Waals surface area contributed by atoms with Gasteiger partial charge in [-0.25, -0.2) is 0 Å². The highest BCUT2D eigenvalue weighted by molar-refractivity contribution is 5.66. The van der Waals surface area contributed by atoms with Gasteiger partial charge in [0.25, 0.3) is 0 Å². The zero-order valence-corrected chi connectivity index (χ0v) is 8.33. The van der Waals surface area contributed by atoms with Gasteiger partial charge >= 0.3 is 5.97 Å². The van der Waals surface area contributed by atoms with Crippen molar-refractivity contribution in [3.63, 3.8) is 0 Å². The molecule has 0 amide bonds. The Kier molecular flexibility index (Phi) is 4.22. The van der Waals surface area contributed by atoms with Crippen molar-refractivity contribution in [2.45, 2.75) is 32.6 Å². The second-order valence-corrected chi connectivity index (χ2v) is 3.84. The molecule has 1 N–H and O–H groups in total. The highest BCUT2D eigenvalue weighted by Gasteiger charge is 2.17. The molecular formula is C10H19NO2. The molecule has 0 bridgehead atoms. The molecule has 1 heterocycles. The third kappa shape index (κ3) is 3.77. The molecule has 13 heavy (non-hydrogen) atoms. The van der Waals surface area contributed by atoms with Crippen LogP contribution >= 0.6 is 0 Å². The summed E-state index contributed by atoms with van der Waals surface area (Å²) in [7, 11) is 0. The Morgan fingerprint density at radius 2 is 2.08 bits per heavy atom. The molecule has 76 valence electrons. The Bertz CT molecular complexity index is 162. The molecule has 1 saturated heterocycles. The van der Waals surface area contributed by atoms with Gasteiger partial charge in [-0.2, -0.15) is 0 Å². The third-order valence-corrected chi connectivity index (χ3v) is 2.93. The molecule has 0 aromatic rings. The minimum atomic E-state index is -0.683. The predicted octanol–water partition coefficient (Wildman–Crippen LogP) is 1.58. The highest BCUT2D eigenvalue weighted by Crippen LogP contribution is 2.19.